The number of hydrogen-bond acceptors (Lipinski definition) is 3. The van der Waals surface area contributed by atoms with Crippen molar-refractivity contribution in [2.45, 2.75) is 46.4 Å². The van der Waals surface area contributed by atoms with Crippen molar-refractivity contribution < 1.29 is 5.11 Å². The van der Waals surface area contributed by atoms with E-state index in [0.29, 0.717) is 12.6 Å². The SMILES string of the molecule is Cc1ncn(CC(C)NC[C@H](C)O)c1C. The van der Waals surface area contributed by atoms with Crippen molar-refractivity contribution in [3.8, 4) is 0 Å². The molecule has 86 valence electrons. The molecule has 2 atom stereocenters. The fraction of sp³-hybridized carbons (Fsp3) is 0.727. The van der Waals surface area contributed by atoms with E-state index in [1.807, 2.05) is 13.3 Å². The summed E-state index contributed by atoms with van der Waals surface area (Å²) in [5.41, 5.74) is 2.29. The number of aromatic nitrogens is 2. The van der Waals surface area contributed by atoms with Gasteiger partial charge < -0.3 is 15.0 Å². The highest BCUT2D eigenvalue weighted by Gasteiger charge is 2.07. The van der Waals surface area contributed by atoms with Gasteiger partial charge in [0.05, 0.1) is 18.1 Å². The second-order valence-corrected chi connectivity index (χ2v) is 4.23. The summed E-state index contributed by atoms with van der Waals surface area (Å²) in [5.74, 6) is 0. The van der Waals surface area contributed by atoms with Crippen LogP contribution in [0.2, 0.25) is 0 Å². The lowest BCUT2D eigenvalue weighted by Gasteiger charge is -2.16. The molecular weight excluding hydrogens is 190 g/mol. The lowest BCUT2D eigenvalue weighted by molar-refractivity contribution is 0.185. The van der Waals surface area contributed by atoms with Crippen molar-refractivity contribution in [2.24, 2.45) is 0 Å². The Morgan fingerprint density at radius 3 is 2.60 bits per heavy atom. The number of nitrogens with one attached hydrogen (secondary N) is 1. The number of imidazole rings is 1. The van der Waals surface area contributed by atoms with Crippen molar-refractivity contribution in [2.75, 3.05) is 6.54 Å². The van der Waals surface area contributed by atoms with E-state index in [-0.39, 0.29) is 6.10 Å². The van der Waals surface area contributed by atoms with E-state index >= 15 is 0 Å². The maximum absolute atomic E-state index is 9.14. The molecule has 1 rings (SSSR count). The van der Waals surface area contributed by atoms with Crippen molar-refractivity contribution >= 4 is 0 Å². The van der Waals surface area contributed by atoms with Gasteiger partial charge in [0.15, 0.2) is 0 Å². The topological polar surface area (TPSA) is 50.1 Å². The summed E-state index contributed by atoms with van der Waals surface area (Å²) in [5, 5.41) is 12.4. The van der Waals surface area contributed by atoms with Gasteiger partial charge in [-0.15, -0.1) is 0 Å². The molecule has 4 heteroatoms. The van der Waals surface area contributed by atoms with Gasteiger partial charge in [-0.25, -0.2) is 4.98 Å². The zero-order valence-corrected chi connectivity index (χ0v) is 9.99. The van der Waals surface area contributed by atoms with E-state index in [2.05, 4.69) is 28.7 Å². The summed E-state index contributed by atoms with van der Waals surface area (Å²) in [7, 11) is 0. The van der Waals surface area contributed by atoms with Crippen LogP contribution in [0.5, 0.6) is 0 Å². The average Bonchev–Trinajstić information content (AvgIpc) is 2.47. The third kappa shape index (κ3) is 3.64. The van der Waals surface area contributed by atoms with E-state index in [9.17, 15) is 0 Å². The highest BCUT2D eigenvalue weighted by atomic mass is 16.3. The Bertz CT molecular complexity index is 307. The van der Waals surface area contributed by atoms with Crippen LogP contribution in [-0.4, -0.2) is 33.3 Å². The Kier molecular flexibility index (Phi) is 4.29. The normalized spacial score (nSPS) is 15.3. The van der Waals surface area contributed by atoms with E-state index in [4.69, 9.17) is 5.11 Å². The lowest BCUT2D eigenvalue weighted by Crippen LogP contribution is -2.35. The molecule has 0 aliphatic heterocycles. The Labute approximate surface area is 91.3 Å². The van der Waals surface area contributed by atoms with Gasteiger partial charge >= 0.3 is 0 Å². The molecule has 0 spiro atoms. The molecule has 1 heterocycles. The number of nitrogens with zero attached hydrogens (tertiary/aromatic N) is 2. The maximum Gasteiger partial charge on any atom is 0.0951 e. The molecule has 0 amide bonds. The Balaban J connectivity index is 2.44. The molecule has 0 bridgehead atoms. The molecule has 0 fully saturated rings. The Morgan fingerprint density at radius 2 is 2.13 bits per heavy atom. The fourth-order valence-corrected chi connectivity index (χ4v) is 1.46. The summed E-state index contributed by atoms with van der Waals surface area (Å²) in [6.07, 6.45) is 1.57. The predicted octanol–water partition coefficient (Wildman–Crippen LogP) is 0.859. The summed E-state index contributed by atoms with van der Waals surface area (Å²) >= 11 is 0. The molecule has 0 saturated carbocycles. The minimum absolute atomic E-state index is 0.293. The van der Waals surface area contributed by atoms with E-state index < -0.39 is 0 Å². The third-order valence-electron chi connectivity index (χ3n) is 2.58. The van der Waals surface area contributed by atoms with E-state index in [1.54, 1.807) is 6.92 Å². The van der Waals surface area contributed by atoms with Gasteiger partial charge in [-0.05, 0) is 27.7 Å². The summed E-state index contributed by atoms with van der Waals surface area (Å²) in [6.45, 7) is 9.50. The van der Waals surface area contributed by atoms with Gasteiger partial charge in [0.2, 0.25) is 0 Å². The zero-order valence-electron chi connectivity index (χ0n) is 9.99. The Hall–Kier alpha value is -0.870. The van der Waals surface area contributed by atoms with Gasteiger partial charge in [0.1, 0.15) is 0 Å². The average molecular weight is 211 g/mol. The van der Waals surface area contributed by atoms with E-state index in [0.717, 1.165) is 12.2 Å². The molecule has 0 radical (unpaired) electrons. The smallest absolute Gasteiger partial charge is 0.0951 e. The van der Waals surface area contributed by atoms with Crippen molar-refractivity contribution in [3.63, 3.8) is 0 Å². The molecule has 1 unspecified atom stereocenters. The Morgan fingerprint density at radius 1 is 1.47 bits per heavy atom. The maximum atomic E-state index is 9.14. The molecule has 4 nitrogen and oxygen atoms in total. The second kappa shape index (κ2) is 5.28. The summed E-state index contributed by atoms with van der Waals surface area (Å²) < 4.78 is 2.13. The number of aliphatic hydroxyl groups is 1. The standard InChI is InChI=1S/C11H21N3O/c1-8(12-5-9(2)15)6-14-7-13-10(3)11(14)4/h7-9,12,15H,5-6H2,1-4H3/t8?,9-/m0/s1. The fourth-order valence-electron chi connectivity index (χ4n) is 1.46. The molecule has 0 saturated heterocycles. The predicted molar refractivity (Wildman–Crippen MR) is 60.8 cm³/mol. The van der Waals surface area contributed by atoms with E-state index in [1.165, 1.54) is 5.69 Å². The molecule has 0 aromatic carbocycles. The van der Waals surface area contributed by atoms with Gasteiger partial charge in [-0.1, -0.05) is 0 Å². The number of aryl methyl sites for hydroxylation is 1. The molecule has 0 aliphatic carbocycles. The number of aliphatic hydroxyl groups excluding tert-OH is 1. The number of rotatable bonds is 5. The first-order valence-electron chi connectivity index (χ1n) is 5.40. The van der Waals surface area contributed by atoms with Gasteiger partial charge in [0.25, 0.3) is 0 Å². The highest BCUT2D eigenvalue weighted by molar-refractivity contribution is 5.08. The van der Waals surface area contributed by atoms with Crippen LogP contribution in [0.15, 0.2) is 6.33 Å². The van der Waals surface area contributed by atoms with Crippen molar-refractivity contribution in [1.29, 1.82) is 0 Å². The summed E-state index contributed by atoms with van der Waals surface area (Å²) in [4.78, 5) is 4.25. The second-order valence-electron chi connectivity index (χ2n) is 4.23. The van der Waals surface area contributed by atoms with Crippen molar-refractivity contribution in [3.05, 3.63) is 17.7 Å². The zero-order chi connectivity index (χ0) is 11.4. The van der Waals surface area contributed by atoms with Gasteiger partial charge in [-0.2, -0.15) is 0 Å². The first-order chi connectivity index (χ1) is 7.00. The lowest BCUT2D eigenvalue weighted by atomic mass is 10.3. The van der Waals surface area contributed by atoms with Crippen LogP contribution in [0.25, 0.3) is 0 Å². The molecular formula is C11H21N3O. The number of hydrogen-bond donors (Lipinski definition) is 2. The largest absolute Gasteiger partial charge is 0.392 e. The van der Waals surface area contributed by atoms with Crippen LogP contribution < -0.4 is 5.32 Å². The van der Waals surface area contributed by atoms with Crippen LogP contribution in [0.1, 0.15) is 25.2 Å². The quantitative estimate of drug-likeness (QED) is 0.759. The van der Waals surface area contributed by atoms with Crippen LogP contribution >= 0.6 is 0 Å². The molecule has 15 heavy (non-hydrogen) atoms. The molecule has 2 N–H and O–H groups in total. The first kappa shape index (κ1) is 12.2. The molecule has 1 aromatic rings. The molecule has 1 aromatic heterocycles. The first-order valence-corrected chi connectivity index (χ1v) is 5.40. The van der Waals surface area contributed by atoms with Crippen LogP contribution in [0.3, 0.4) is 0 Å². The summed E-state index contributed by atoms with van der Waals surface area (Å²) in [6, 6.07) is 0.340. The minimum Gasteiger partial charge on any atom is -0.392 e. The molecule has 0 aliphatic rings. The van der Waals surface area contributed by atoms with Crippen LogP contribution in [0.4, 0.5) is 0 Å². The highest BCUT2D eigenvalue weighted by Crippen LogP contribution is 2.04. The minimum atomic E-state index is -0.293. The van der Waals surface area contributed by atoms with Crippen LogP contribution in [0, 0.1) is 13.8 Å². The van der Waals surface area contributed by atoms with Crippen molar-refractivity contribution in [1.82, 2.24) is 14.9 Å². The van der Waals surface area contributed by atoms with Gasteiger partial charge in [-0.3, -0.25) is 0 Å². The third-order valence-corrected chi connectivity index (χ3v) is 2.58. The van der Waals surface area contributed by atoms with Gasteiger partial charge in [0, 0.05) is 24.8 Å². The monoisotopic (exact) mass is 211 g/mol. The van der Waals surface area contributed by atoms with Crippen LogP contribution in [-0.2, 0) is 6.54 Å².